The lowest BCUT2D eigenvalue weighted by molar-refractivity contribution is -0.139. The number of amides is 1. The monoisotopic (exact) mass is 451 g/mol. The van der Waals surface area contributed by atoms with E-state index >= 15 is 0 Å². The largest absolute Gasteiger partial charge is 0.508 e. The number of nitrogens with zero attached hydrogens (tertiary/aromatic N) is 3. The Morgan fingerprint density at radius 3 is 2.70 bits per heavy atom. The maximum Gasteiger partial charge on any atom is 0.295 e. The van der Waals surface area contributed by atoms with Crippen LogP contribution in [0.15, 0.2) is 48.0 Å². The molecule has 2 heterocycles. The summed E-state index contributed by atoms with van der Waals surface area (Å²) in [5.74, 6) is -0.887. The molecule has 2 aliphatic rings. The average Bonchev–Trinajstić information content (AvgIpc) is 3.03. The molecular formula is C25H29N3O5. The van der Waals surface area contributed by atoms with Crippen LogP contribution < -0.4 is 9.64 Å². The van der Waals surface area contributed by atoms with Gasteiger partial charge >= 0.3 is 0 Å². The van der Waals surface area contributed by atoms with Crippen molar-refractivity contribution in [1.29, 1.82) is 0 Å². The molecule has 8 nitrogen and oxygen atoms in total. The van der Waals surface area contributed by atoms with Crippen molar-refractivity contribution in [2.75, 3.05) is 52.3 Å². The highest BCUT2D eigenvalue weighted by Gasteiger charge is 2.46. The molecule has 0 saturated carbocycles. The Morgan fingerprint density at radius 2 is 1.97 bits per heavy atom. The third-order valence-corrected chi connectivity index (χ3v) is 6.06. The predicted octanol–water partition coefficient (Wildman–Crippen LogP) is 2.59. The van der Waals surface area contributed by atoms with Gasteiger partial charge < -0.3 is 29.6 Å². The number of Topliss-reactive ketones (excluding diaryl/α,β-unsaturated/α-hetero) is 1. The molecule has 0 bridgehead atoms. The number of aliphatic hydroxyl groups excluding tert-OH is 1. The number of carbonyl (C=O) groups excluding carboxylic acids is 2. The first kappa shape index (κ1) is 22.7. The summed E-state index contributed by atoms with van der Waals surface area (Å²) in [5.41, 5.74) is 1.83. The van der Waals surface area contributed by atoms with E-state index in [4.69, 9.17) is 4.74 Å². The van der Waals surface area contributed by atoms with Crippen molar-refractivity contribution in [3.8, 4) is 11.5 Å². The van der Waals surface area contributed by atoms with Crippen molar-refractivity contribution in [1.82, 2.24) is 9.80 Å². The van der Waals surface area contributed by atoms with Crippen molar-refractivity contribution in [2.24, 2.45) is 0 Å². The van der Waals surface area contributed by atoms with Crippen molar-refractivity contribution >= 4 is 23.1 Å². The van der Waals surface area contributed by atoms with Crippen molar-refractivity contribution < 1.29 is 24.5 Å². The maximum absolute atomic E-state index is 13.1. The number of anilines is 1. The number of ketones is 1. The first-order chi connectivity index (χ1) is 15.8. The predicted molar refractivity (Wildman–Crippen MR) is 125 cm³/mol. The van der Waals surface area contributed by atoms with Gasteiger partial charge in [0.2, 0.25) is 0 Å². The van der Waals surface area contributed by atoms with E-state index < -0.39 is 17.7 Å². The van der Waals surface area contributed by atoms with Crippen LogP contribution >= 0.6 is 0 Å². The van der Waals surface area contributed by atoms with Gasteiger partial charge in [-0.05, 0) is 63.0 Å². The highest BCUT2D eigenvalue weighted by Crippen LogP contribution is 2.41. The molecule has 33 heavy (non-hydrogen) atoms. The molecule has 174 valence electrons. The number of aliphatic hydroxyl groups is 1. The lowest BCUT2D eigenvalue weighted by Gasteiger charge is -2.28. The van der Waals surface area contributed by atoms with E-state index in [-0.39, 0.29) is 17.1 Å². The third-order valence-electron chi connectivity index (χ3n) is 6.06. The minimum Gasteiger partial charge on any atom is -0.508 e. The fourth-order valence-electron chi connectivity index (χ4n) is 4.36. The average molecular weight is 452 g/mol. The standard InChI is InChI=1S/C25H29N3O5/c1-26(2)10-5-11-28-22(16-6-4-7-18(29)14-16)21(24(31)25(28)32)23(30)17-8-9-20-19(15-17)27(3)12-13-33-20/h4,6-9,14-15,22,29-30H,5,10-13H2,1-3H3/b23-21-. The van der Waals surface area contributed by atoms with Gasteiger partial charge in [0.05, 0.1) is 23.8 Å². The molecule has 0 aromatic heterocycles. The fourth-order valence-corrected chi connectivity index (χ4v) is 4.36. The topological polar surface area (TPSA) is 93.6 Å². The number of benzene rings is 2. The molecule has 0 radical (unpaired) electrons. The molecule has 0 spiro atoms. The zero-order valence-electron chi connectivity index (χ0n) is 19.1. The number of phenols is 1. The molecule has 2 N–H and O–H groups in total. The number of aromatic hydroxyl groups is 1. The van der Waals surface area contributed by atoms with Crippen LogP contribution in [-0.2, 0) is 9.59 Å². The van der Waals surface area contributed by atoms with E-state index in [0.717, 1.165) is 12.2 Å². The first-order valence-electron chi connectivity index (χ1n) is 11.0. The molecule has 4 rings (SSSR count). The number of fused-ring (bicyclic) bond motifs is 1. The quantitative estimate of drug-likeness (QED) is 0.396. The van der Waals surface area contributed by atoms with Crippen LogP contribution in [0.4, 0.5) is 5.69 Å². The van der Waals surface area contributed by atoms with Crippen LogP contribution in [0.1, 0.15) is 23.6 Å². The number of likely N-dealkylation sites (N-methyl/N-ethyl adjacent to an activating group) is 1. The molecule has 1 unspecified atom stereocenters. The lowest BCUT2D eigenvalue weighted by Crippen LogP contribution is -2.32. The lowest BCUT2D eigenvalue weighted by atomic mass is 9.94. The summed E-state index contributed by atoms with van der Waals surface area (Å²) in [7, 11) is 5.82. The summed E-state index contributed by atoms with van der Waals surface area (Å²) in [6, 6.07) is 10.9. The van der Waals surface area contributed by atoms with E-state index in [2.05, 4.69) is 0 Å². The molecule has 1 atom stereocenters. The van der Waals surface area contributed by atoms with Crippen LogP contribution in [0.2, 0.25) is 0 Å². The van der Waals surface area contributed by atoms with Gasteiger partial charge in [-0.3, -0.25) is 9.59 Å². The van der Waals surface area contributed by atoms with Gasteiger partial charge in [0, 0.05) is 19.2 Å². The normalized spacial score (nSPS) is 19.7. The van der Waals surface area contributed by atoms with E-state index in [1.807, 2.05) is 30.9 Å². The van der Waals surface area contributed by atoms with E-state index in [0.29, 0.717) is 43.0 Å². The zero-order chi connectivity index (χ0) is 23.7. The molecule has 2 aliphatic heterocycles. The second kappa shape index (κ2) is 9.15. The Kier molecular flexibility index (Phi) is 6.29. The summed E-state index contributed by atoms with van der Waals surface area (Å²) in [4.78, 5) is 31.6. The van der Waals surface area contributed by atoms with Crippen molar-refractivity contribution in [3.05, 3.63) is 59.2 Å². The fraction of sp³-hybridized carbons (Fsp3) is 0.360. The van der Waals surface area contributed by atoms with E-state index in [1.165, 1.54) is 17.0 Å². The third kappa shape index (κ3) is 4.39. The number of phenolic OH excluding ortho intramolecular Hbond substituents is 1. The number of rotatable bonds is 6. The number of ether oxygens (including phenoxy) is 1. The maximum atomic E-state index is 13.1. The number of hydrogen-bond acceptors (Lipinski definition) is 7. The van der Waals surface area contributed by atoms with Gasteiger partial charge in [-0.15, -0.1) is 0 Å². The highest BCUT2D eigenvalue weighted by molar-refractivity contribution is 6.46. The van der Waals surface area contributed by atoms with Gasteiger partial charge in [-0.1, -0.05) is 12.1 Å². The van der Waals surface area contributed by atoms with Crippen molar-refractivity contribution in [2.45, 2.75) is 12.5 Å². The van der Waals surface area contributed by atoms with Gasteiger partial charge in [0.1, 0.15) is 23.9 Å². The molecule has 2 aromatic rings. The van der Waals surface area contributed by atoms with Gasteiger partial charge in [-0.2, -0.15) is 0 Å². The van der Waals surface area contributed by atoms with Crippen LogP contribution in [0, 0.1) is 0 Å². The SMILES string of the molecule is CN(C)CCCN1C(=O)C(=O)/C(=C(\O)c2ccc3c(c2)N(C)CCO3)C1c1cccc(O)c1. The molecule has 1 saturated heterocycles. The minimum atomic E-state index is -0.788. The Bertz CT molecular complexity index is 1110. The second-order valence-corrected chi connectivity index (χ2v) is 8.70. The zero-order valence-corrected chi connectivity index (χ0v) is 19.1. The summed E-state index contributed by atoms with van der Waals surface area (Å²) in [6.07, 6.45) is 0.663. The highest BCUT2D eigenvalue weighted by atomic mass is 16.5. The number of hydrogen-bond donors (Lipinski definition) is 2. The molecule has 1 amide bonds. The van der Waals surface area contributed by atoms with Crippen LogP contribution in [-0.4, -0.2) is 79.1 Å². The van der Waals surface area contributed by atoms with Gasteiger partial charge in [-0.25, -0.2) is 0 Å². The summed E-state index contributed by atoms with van der Waals surface area (Å²) < 4.78 is 5.68. The molecule has 8 heteroatoms. The summed E-state index contributed by atoms with van der Waals surface area (Å²) >= 11 is 0. The van der Waals surface area contributed by atoms with Gasteiger partial charge in [0.15, 0.2) is 0 Å². The Balaban J connectivity index is 1.80. The van der Waals surface area contributed by atoms with Crippen LogP contribution in [0.3, 0.4) is 0 Å². The number of carbonyl (C=O) groups is 2. The van der Waals surface area contributed by atoms with E-state index in [1.54, 1.807) is 30.3 Å². The molecular weight excluding hydrogens is 422 g/mol. The number of likely N-dealkylation sites (tertiary alicyclic amines) is 1. The first-order valence-corrected chi connectivity index (χ1v) is 11.0. The van der Waals surface area contributed by atoms with Crippen LogP contribution in [0.5, 0.6) is 11.5 Å². The second-order valence-electron chi connectivity index (χ2n) is 8.70. The Labute approximate surface area is 193 Å². The van der Waals surface area contributed by atoms with E-state index in [9.17, 15) is 19.8 Å². The minimum absolute atomic E-state index is 0.0229. The summed E-state index contributed by atoms with van der Waals surface area (Å²) in [5, 5.41) is 21.3. The Morgan fingerprint density at radius 1 is 1.18 bits per heavy atom. The molecule has 1 fully saturated rings. The Hall–Kier alpha value is -3.52. The molecule has 2 aromatic carbocycles. The summed E-state index contributed by atoms with van der Waals surface area (Å²) in [6.45, 7) is 2.37. The smallest absolute Gasteiger partial charge is 0.295 e. The molecule has 0 aliphatic carbocycles. The van der Waals surface area contributed by atoms with Crippen molar-refractivity contribution in [3.63, 3.8) is 0 Å². The van der Waals surface area contributed by atoms with Crippen LogP contribution in [0.25, 0.3) is 5.76 Å². The van der Waals surface area contributed by atoms with Gasteiger partial charge in [0.25, 0.3) is 11.7 Å².